The molecule has 0 saturated carbocycles. The highest BCUT2D eigenvalue weighted by Gasteiger charge is 2.30. The predicted octanol–water partition coefficient (Wildman–Crippen LogP) is 3.40. The first kappa shape index (κ1) is 13.1. The van der Waals surface area contributed by atoms with Crippen LogP contribution in [-0.2, 0) is 0 Å². The van der Waals surface area contributed by atoms with E-state index in [-0.39, 0.29) is 16.9 Å². The number of halogens is 1. The summed E-state index contributed by atoms with van der Waals surface area (Å²) >= 11 is 0. The molecule has 0 N–H and O–H groups in total. The minimum Gasteiger partial charge on any atom is -0.338 e. The fraction of sp³-hybridized carbons (Fsp3) is 0.533. The van der Waals surface area contributed by atoms with Crippen LogP contribution < -0.4 is 0 Å². The van der Waals surface area contributed by atoms with Gasteiger partial charge in [0, 0.05) is 13.1 Å². The van der Waals surface area contributed by atoms with Crippen LogP contribution in [0, 0.1) is 18.2 Å². The van der Waals surface area contributed by atoms with Gasteiger partial charge in [-0.15, -0.1) is 0 Å². The van der Waals surface area contributed by atoms with E-state index in [0.29, 0.717) is 6.54 Å². The molecule has 18 heavy (non-hydrogen) atoms. The molecular formula is C15H20FNO. The smallest absolute Gasteiger partial charge is 0.256 e. The molecule has 0 aliphatic carbocycles. The van der Waals surface area contributed by atoms with Gasteiger partial charge in [0.25, 0.3) is 5.91 Å². The van der Waals surface area contributed by atoms with Crippen LogP contribution >= 0.6 is 0 Å². The molecule has 1 aliphatic heterocycles. The molecule has 1 aromatic carbocycles. The van der Waals surface area contributed by atoms with Crippen molar-refractivity contribution in [2.45, 2.75) is 33.6 Å². The fourth-order valence-corrected chi connectivity index (χ4v) is 2.57. The lowest BCUT2D eigenvalue weighted by Crippen LogP contribution is -2.43. The quantitative estimate of drug-likeness (QED) is 0.747. The molecule has 3 heteroatoms. The SMILES string of the molecule is Cc1ccc(F)c(C(=O)N2CCCC(C)(C)C2)c1. The summed E-state index contributed by atoms with van der Waals surface area (Å²) in [5.74, 6) is -0.599. The maximum absolute atomic E-state index is 13.7. The van der Waals surface area contributed by atoms with Gasteiger partial charge in [0.1, 0.15) is 5.82 Å². The molecule has 1 aromatic rings. The molecule has 0 aromatic heterocycles. The first-order valence-electron chi connectivity index (χ1n) is 6.44. The van der Waals surface area contributed by atoms with Crippen molar-refractivity contribution in [2.75, 3.05) is 13.1 Å². The highest BCUT2D eigenvalue weighted by atomic mass is 19.1. The van der Waals surface area contributed by atoms with Crippen LogP contribution in [0.5, 0.6) is 0 Å². The minimum atomic E-state index is -0.422. The zero-order valence-electron chi connectivity index (χ0n) is 11.3. The highest BCUT2D eigenvalue weighted by Crippen LogP contribution is 2.29. The summed E-state index contributed by atoms with van der Waals surface area (Å²) in [6, 6.07) is 4.70. The van der Waals surface area contributed by atoms with Crippen molar-refractivity contribution in [1.82, 2.24) is 4.90 Å². The van der Waals surface area contributed by atoms with Crippen molar-refractivity contribution in [2.24, 2.45) is 5.41 Å². The lowest BCUT2D eigenvalue weighted by atomic mass is 9.84. The van der Waals surface area contributed by atoms with Crippen LogP contribution in [0.3, 0.4) is 0 Å². The Morgan fingerprint density at radius 3 is 2.78 bits per heavy atom. The van der Waals surface area contributed by atoms with Crippen LogP contribution in [0.25, 0.3) is 0 Å². The van der Waals surface area contributed by atoms with E-state index in [0.717, 1.165) is 24.9 Å². The maximum atomic E-state index is 13.7. The van der Waals surface area contributed by atoms with Crippen LogP contribution in [0.4, 0.5) is 4.39 Å². The Kier molecular flexibility index (Phi) is 3.42. The normalized spacial score (nSPS) is 18.8. The second-order valence-corrected chi connectivity index (χ2v) is 5.98. The average Bonchev–Trinajstić information content (AvgIpc) is 2.30. The molecule has 98 valence electrons. The largest absolute Gasteiger partial charge is 0.338 e. The van der Waals surface area contributed by atoms with E-state index in [4.69, 9.17) is 0 Å². The van der Waals surface area contributed by atoms with Gasteiger partial charge in [-0.25, -0.2) is 4.39 Å². The topological polar surface area (TPSA) is 20.3 Å². The third-order valence-electron chi connectivity index (χ3n) is 3.54. The van der Waals surface area contributed by atoms with E-state index in [1.807, 2.05) is 6.92 Å². The number of carbonyl (C=O) groups is 1. The molecule has 1 saturated heterocycles. The van der Waals surface area contributed by atoms with Crippen molar-refractivity contribution in [3.63, 3.8) is 0 Å². The fourth-order valence-electron chi connectivity index (χ4n) is 2.57. The number of amides is 1. The van der Waals surface area contributed by atoms with Gasteiger partial charge in [0.05, 0.1) is 5.56 Å². The van der Waals surface area contributed by atoms with Crippen molar-refractivity contribution < 1.29 is 9.18 Å². The van der Waals surface area contributed by atoms with E-state index >= 15 is 0 Å². The zero-order chi connectivity index (χ0) is 13.3. The minimum absolute atomic E-state index is 0.133. The second-order valence-electron chi connectivity index (χ2n) is 5.98. The molecule has 0 bridgehead atoms. The third-order valence-corrected chi connectivity index (χ3v) is 3.54. The van der Waals surface area contributed by atoms with Gasteiger partial charge >= 0.3 is 0 Å². The molecule has 0 atom stereocenters. The summed E-state index contributed by atoms with van der Waals surface area (Å²) in [6.45, 7) is 7.61. The van der Waals surface area contributed by atoms with E-state index in [1.165, 1.54) is 6.07 Å². The van der Waals surface area contributed by atoms with Gasteiger partial charge in [-0.2, -0.15) is 0 Å². The van der Waals surface area contributed by atoms with E-state index < -0.39 is 5.82 Å². The zero-order valence-corrected chi connectivity index (χ0v) is 11.3. The van der Waals surface area contributed by atoms with Gasteiger partial charge in [-0.3, -0.25) is 4.79 Å². The second kappa shape index (κ2) is 4.71. The number of benzene rings is 1. The van der Waals surface area contributed by atoms with Crippen molar-refractivity contribution in [1.29, 1.82) is 0 Å². The van der Waals surface area contributed by atoms with Crippen LogP contribution in [0.15, 0.2) is 18.2 Å². The number of likely N-dealkylation sites (tertiary alicyclic amines) is 1. The number of piperidine rings is 1. The molecule has 1 heterocycles. The molecule has 0 spiro atoms. The Morgan fingerprint density at radius 1 is 1.39 bits per heavy atom. The summed E-state index contributed by atoms with van der Waals surface area (Å²) in [7, 11) is 0. The number of hydrogen-bond donors (Lipinski definition) is 0. The maximum Gasteiger partial charge on any atom is 0.256 e. The number of aryl methyl sites for hydroxylation is 1. The number of hydrogen-bond acceptors (Lipinski definition) is 1. The Labute approximate surface area is 108 Å². The van der Waals surface area contributed by atoms with Gasteiger partial charge in [0.2, 0.25) is 0 Å². The first-order chi connectivity index (χ1) is 8.39. The first-order valence-corrected chi connectivity index (χ1v) is 6.44. The van der Waals surface area contributed by atoms with Crippen LogP contribution in [0.2, 0.25) is 0 Å². The van der Waals surface area contributed by atoms with Crippen LogP contribution in [-0.4, -0.2) is 23.9 Å². The summed E-state index contributed by atoms with van der Waals surface area (Å²) in [5.41, 5.74) is 1.25. The lowest BCUT2D eigenvalue weighted by molar-refractivity contribution is 0.0578. The molecule has 1 aliphatic rings. The number of nitrogens with zero attached hydrogens (tertiary/aromatic N) is 1. The van der Waals surface area contributed by atoms with Crippen molar-refractivity contribution in [3.8, 4) is 0 Å². The molecular weight excluding hydrogens is 229 g/mol. The Morgan fingerprint density at radius 2 is 2.11 bits per heavy atom. The van der Waals surface area contributed by atoms with E-state index in [1.54, 1.807) is 17.0 Å². The number of rotatable bonds is 1. The molecule has 2 nitrogen and oxygen atoms in total. The van der Waals surface area contributed by atoms with Crippen molar-refractivity contribution in [3.05, 3.63) is 35.1 Å². The van der Waals surface area contributed by atoms with Gasteiger partial charge in [0.15, 0.2) is 0 Å². The molecule has 1 fully saturated rings. The lowest BCUT2D eigenvalue weighted by Gasteiger charge is -2.38. The summed E-state index contributed by atoms with van der Waals surface area (Å²) < 4.78 is 13.7. The monoisotopic (exact) mass is 249 g/mol. The summed E-state index contributed by atoms with van der Waals surface area (Å²) in [4.78, 5) is 14.1. The van der Waals surface area contributed by atoms with Gasteiger partial charge in [-0.05, 0) is 37.3 Å². The average molecular weight is 249 g/mol. The Balaban J connectivity index is 2.23. The predicted molar refractivity (Wildman–Crippen MR) is 70.1 cm³/mol. The Bertz CT molecular complexity index is 468. The van der Waals surface area contributed by atoms with Crippen LogP contribution in [0.1, 0.15) is 42.6 Å². The number of carbonyl (C=O) groups excluding carboxylic acids is 1. The Hall–Kier alpha value is -1.38. The van der Waals surface area contributed by atoms with Crippen molar-refractivity contribution >= 4 is 5.91 Å². The molecule has 0 radical (unpaired) electrons. The van der Waals surface area contributed by atoms with E-state index in [9.17, 15) is 9.18 Å². The molecule has 2 rings (SSSR count). The molecule has 1 amide bonds. The summed E-state index contributed by atoms with van der Waals surface area (Å²) in [5, 5.41) is 0. The van der Waals surface area contributed by atoms with Gasteiger partial charge < -0.3 is 4.90 Å². The van der Waals surface area contributed by atoms with Gasteiger partial charge in [-0.1, -0.05) is 25.5 Å². The summed E-state index contributed by atoms with van der Waals surface area (Å²) in [6.07, 6.45) is 2.11. The van der Waals surface area contributed by atoms with E-state index in [2.05, 4.69) is 13.8 Å². The third kappa shape index (κ3) is 2.71. The standard InChI is InChI=1S/C15H20FNO/c1-11-5-6-13(16)12(9-11)14(18)17-8-4-7-15(2,3)10-17/h5-6,9H,4,7-8,10H2,1-3H3. The highest BCUT2D eigenvalue weighted by molar-refractivity contribution is 5.94. The molecule has 0 unspecified atom stereocenters.